The third-order valence-corrected chi connectivity index (χ3v) is 8.01. The lowest BCUT2D eigenvalue weighted by Gasteiger charge is -2.13. The zero-order chi connectivity index (χ0) is 27.0. The van der Waals surface area contributed by atoms with Crippen LogP contribution >= 0.6 is 22.9 Å². The molecule has 2 aromatic heterocycles. The second kappa shape index (κ2) is 10.0. The summed E-state index contributed by atoms with van der Waals surface area (Å²) in [5, 5.41) is 4.84. The molecular formula is C22H17ClF3N5O4S2. The topological polar surface area (TPSA) is 122 Å². The van der Waals surface area contributed by atoms with E-state index < -0.39 is 34.3 Å². The number of carbonyl (C=O) groups excluding carboxylic acids is 1. The Kier molecular flexibility index (Phi) is 7.17. The van der Waals surface area contributed by atoms with Gasteiger partial charge in [-0.25, -0.2) is 22.9 Å². The predicted octanol–water partition coefficient (Wildman–Crippen LogP) is 4.89. The van der Waals surface area contributed by atoms with Crippen molar-refractivity contribution in [2.24, 2.45) is 0 Å². The predicted molar refractivity (Wildman–Crippen MR) is 135 cm³/mol. The number of fused-ring (bicyclic) bond motifs is 1. The van der Waals surface area contributed by atoms with Gasteiger partial charge in [-0.15, -0.1) is 11.3 Å². The van der Waals surface area contributed by atoms with E-state index in [0.717, 1.165) is 11.3 Å². The Labute approximate surface area is 217 Å². The molecular weight excluding hydrogens is 555 g/mol. The Morgan fingerprint density at radius 3 is 2.38 bits per heavy atom. The van der Waals surface area contributed by atoms with Crippen LogP contribution < -0.4 is 20.9 Å². The smallest absolute Gasteiger partial charge is 0.376 e. The van der Waals surface area contributed by atoms with Gasteiger partial charge in [0, 0.05) is 11.4 Å². The van der Waals surface area contributed by atoms with Gasteiger partial charge in [0.05, 0.1) is 20.9 Å². The molecule has 0 radical (unpaired) electrons. The van der Waals surface area contributed by atoms with E-state index in [-0.39, 0.29) is 36.6 Å². The zero-order valence-corrected chi connectivity index (χ0v) is 21.1. The molecule has 4 aromatic rings. The molecule has 0 bridgehead atoms. The van der Waals surface area contributed by atoms with Crippen molar-refractivity contribution in [3.8, 4) is 5.69 Å². The van der Waals surface area contributed by atoms with Gasteiger partial charge in [-0.1, -0.05) is 11.6 Å². The van der Waals surface area contributed by atoms with Crippen LogP contribution in [0.5, 0.6) is 0 Å². The number of nitrogens with zero attached hydrogens (tertiary/aromatic N) is 2. The van der Waals surface area contributed by atoms with E-state index in [1.54, 1.807) is 6.92 Å². The molecule has 0 aliphatic rings. The summed E-state index contributed by atoms with van der Waals surface area (Å²) in [6.07, 6.45) is -4.39. The van der Waals surface area contributed by atoms with Gasteiger partial charge in [-0.2, -0.15) is 13.2 Å². The van der Waals surface area contributed by atoms with Crippen LogP contribution in [0.2, 0.25) is 4.34 Å². The third-order valence-electron chi connectivity index (χ3n) is 4.95. The van der Waals surface area contributed by atoms with Crippen molar-refractivity contribution in [3.63, 3.8) is 0 Å². The molecule has 0 saturated carbocycles. The second-order valence-electron chi connectivity index (χ2n) is 7.67. The van der Waals surface area contributed by atoms with Crippen LogP contribution in [-0.2, 0) is 10.0 Å². The third kappa shape index (κ3) is 6.21. The Morgan fingerprint density at radius 1 is 1.08 bits per heavy atom. The molecule has 0 fully saturated rings. The summed E-state index contributed by atoms with van der Waals surface area (Å²) in [4.78, 5) is 29.6. The molecule has 2 heterocycles. The fourth-order valence-electron chi connectivity index (χ4n) is 3.38. The molecule has 2 amide bonds. The zero-order valence-electron chi connectivity index (χ0n) is 18.8. The number of alkyl halides is 3. The van der Waals surface area contributed by atoms with Crippen molar-refractivity contribution >= 4 is 61.3 Å². The van der Waals surface area contributed by atoms with E-state index in [4.69, 9.17) is 11.6 Å². The van der Waals surface area contributed by atoms with Crippen LogP contribution in [0.4, 0.5) is 29.3 Å². The highest BCUT2D eigenvalue weighted by molar-refractivity contribution is 7.92. The van der Waals surface area contributed by atoms with E-state index in [2.05, 4.69) is 15.6 Å². The number of aryl methyl sites for hydroxylation is 1. The number of hydrogen-bond acceptors (Lipinski definition) is 7. The maximum atomic E-state index is 13.1. The van der Waals surface area contributed by atoms with Crippen LogP contribution in [0.3, 0.4) is 0 Å². The lowest BCUT2D eigenvalue weighted by molar-refractivity contribution is -0.115. The number of halogens is 4. The molecule has 0 atom stereocenters. The van der Waals surface area contributed by atoms with Crippen molar-refractivity contribution in [1.82, 2.24) is 14.3 Å². The highest BCUT2D eigenvalue weighted by Crippen LogP contribution is 2.25. The van der Waals surface area contributed by atoms with Crippen LogP contribution in [0, 0.1) is 6.92 Å². The number of benzene rings is 2. The number of amides is 2. The van der Waals surface area contributed by atoms with Crippen molar-refractivity contribution in [3.05, 3.63) is 75.1 Å². The minimum Gasteiger partial charge on any atom is -0.376 e. The Bertz CT molecular complexity index is 1650. The van der Waals surface area contributed by atoms with E-state index >= 15 is 0 Å². The van der Waals surface area contributed by atoms with Crippen LogP contribution in [0.15, 0.2) is 63.6 Å². The van der Waals surface area contributed by atoms with Crippen LogP contribution in [0.25, 0.3) is 16.6 Å². The van der Waals surface area contributed by atoms with E-state index in [1.165, 1.54) is 59.2 Å². The molecule has 0 spiro atoms. The van der Waals surface area contributed by atoms with Gasteiger partial charge in [-0.3, -0.25) is 9.36 Å². The summed E-state index contributed by atoms with van der Waals surface area (Å²) in [6, 6.07) is 11.8. The Balaban J connectivity index is 1.52. The van der Waals surface area contributed by atoms with E-state index in [0.29, 0.717) is 5.69 Å². The minimum absolute atomic E-state index is 0.120. The molecule has 9 nitrogen and oxygen atoms in total. The molecule has 0 aliphatic heterocycles. The summed E-state index contributed by atoms with van der Waals surface area (Å²) >= 11 is 6.54. The number of nitrogens with one attached hydrogen (secondary N) is 3. The monoisotopic (exact) mass is 571 g/mol. The lowest BCUT2D eigenvalue weighted by Crippen LogP contribution is -2.33. The van der Waals surface area contributed by atoms with E-state index in [1.807, 2.05) is 4.72 Å². The number of rotatable bonds is 6. The first-order chi connectivity index (χ1) is 17.3. The van der Waals surface area contributed by atoms with Gasteiger partial charge in [0.1, 0.15) is 16.6 Å². The van der Waals surface area contributed by atoms with Crippen molar-refractivity contribution in [2.45, 2.75) is 17.3 Å². The summed E-state index contributed by atoms with van der Waals surface area (Å²) in [7, 11) is -4.10. The summed E-state index contributed by atoms with van der Waals surface area (Å²) in [5.41, 5.74) is 0.619. The number of sulfonamides is 1. The fourth-order valence-corrected chi connectivity index (χ4v) is 5.77. The van der Waals surface area contributed by atoms with Gasteiger partial charge in [-0.05, 0) is 61.5 Å². The lowest BCUT2D eigenvalue weighted by atomic mass is 10.2. The maximum Gasteiger partial charge on any atom is 0.405 e. The molecule has 2 aromatic carbocycles. The van der Waals surface area contributed by atoms with Crippen molar-refractivity contribution in [1.29, 1.82) is 0 Å². The number of anilines is 2. The van der Waals surface area contributed by atoms with Crippen molar-refractivity contribution in [2.75, 3.05) is 17.2 Å². The number of hydrogen-bond donors (Lipinski definition) is 3. The molecule has 0 aliphatic carbocycles. The molecule has 0 saturated heterocycles. The van der Waals surface area contributed by atoms with Crippen LogP contribution in [-0.4, -0.2) is 36.7 Å². The number of aromatic nitrogens is 2. The first-order valence-corrected chi connectivity index (χ1v) is 13.0. The van der Waals surface area contributed by atoms with Gasteiger partial charge in [0.2, 0.25) is 0 Å². The second-order valence-corrected chi connectivity index (χ2v) is 11.3. The molecule has 4 rings (SSSR count). The average Bonchev–Trinajstić information content (AvgIpc) is 3.25. The average molecular weight is 572 g/mol. The normalized spacial score (nSPS) is 11.9. The summed E-state index contributed by atoms with van der Waals surface area (Å²) < 4.78 is 65.3. The Hall–Kier alpha value is -3.62. The van der Waals surface area contributed by atoms with Gasteiger partial charge in [0.25, 0.3) is 15.6 Å². The van der Waals surface area contributed by atoms with Crippen molar-refractivity contribution < 1.29 is 26.4 Å². The van der Waals surface area contributed by atoms with Gasteiger partial charge >= 0.3 is 12.2 Å². The molecule has 3 N–H and O–H groups in total. The number of urea groups is 1. The maximum absolute atomic E-state index is 13.1. The van der Waals surface area contributed by atoms with Gasteiger partial charge < -0.3 is 10.6 Å². The summed E-state index contributed by atoms with van der Waals surface area (Å²) in [6.45, 7) is 0.346. The Morgan fingerprint density at radius 2 is 1.76 bits per heavy atom. The first kappa shape index (κ1) is 26.4. The number of thiophene rings is 1. The van der Waals surface area contributed by atoms with E-state index in [9.17, 15) is 31.2 Å². The fraction of sp³-hybridized carbons (Fsp3) is 0.136. The molecule has 15 heteroatoms. The largest absolute Gasteiger partial charge is 0.405 e. The molecule has 37 heavy (non-hydrogen) atoms. The molecule has 0 unspecified atom stereocenters. The highest BCUT2D eigenvalue weighted by Gasteiger charge is 2.26. The van der Waals surface area contributed by atoms with Gasteiger partial charge in [0.15, 0.2) is 0 Å². The quantitative estimate of drug-likeness (QED) is 0.303. The van der Waals surface area contributed by atoms with Crippen LogP contribution in [0.1, 0.15) is 5.82 Å². The standard InChI is InChI=1S/C22H17ClF3N5O4S2/c1-12-28-17-10-14(27-11-22(24,25)26)4-7-16(17)20(32)31(12)15-5-2-13(3-6-15)29-21(33)30-37(34,35)19-9-8-18(23)36-19/h2-10,27H,11H2,1H3,(H2,29,30,33). The minimum atomic E-state index is -4.39. The highest BCUT2D eigenvalue weighted by atomic mass is 35.5. The number of carbonyl (C=O) groups is 1. The first-order valence-electron chi connectivity index (χ1n) is 10.4. The molecule has 194 valence electrons. The SMILES string of the molecule is Cc1nc2cc(NCC(F)(F)F)ccc2c(=O)n1-c1ccc(NC(=O)NS(=O)(=O)c2ccc(Cl)s2)cc1. The summed E-state index contributed by atoms with van der Waals surface area (Å²) in [5.74, 6) is 0.282.